The van der Waals surface area contributed by atoms with Crippen LogP contribution in [0.3, 0.4) is 0 Å². The van der Waals surface area contributed by atoms with Gasteiger partial charge < -0.3 is 9.80 Å². The van der Waals surface area contributed by atoms with E-state index in [1.165, 1.54) is 40.6 Å². The average Bonchev–Trinajstić information content (AvgIpc) is 2.89. The van der Waals surface area contributed by atoms with Crippen LogP contribution in [0, 0.1) is 0 Å². The molecular formula is C21H26N2S. The van der Waals surface area contributed by atoms with Gasteiger partial charge in [-0.3, -0.25) is 0 Å². The molecule has 2 aromatic carbocycles. The lowest BCUT2D eigenvalue weighted by atomic mass is 9.89. The highest BCUT2D eigenvalue weighted by molar-refractivity contribution is 7.99. The van der Waals surface area contributed by atoms with Crippen molar-refractivity contribution in [1.82, 2.24) is 4.90 Å². The van der Waals surface area contributed by atoms with Gasteiger partial charge in [0.1, 0.15) is 0 Å². The van der Waals surface area contributed by atoms with Crippen LogP contribution >= 0.6 is 11.8 Å². The summed E-state index contributed by atoms with van der Waals surface area (Å²) >= 11 is 1.91. The van der Waals surface area contributed by atoms with Crippen molar-refractivity contribution in [2.75, 3.05) is 32.1 Å². The Balaban J connectivity index is 1.66. The summed E-state index contributed by atoms with van der Waals surface area (Å²) in [4.78, 5) is 7.76. The predicted octanol–water partition coefficient (Wildman–Crippen LogP) is 4.64. The van der Waals surface area contributed by atoms with E-state index in [0.717, 1.165) is 6.42 Å². The number of para-hydroxylation sites is 1. The maximum absolute atomic E-state index is 2.55. The molecular weight excluding hydrogens is 312 g/mol. The number of fused-ring (bicyclic) bond motifs is 3. The van der Waals surface area contributed by atoms with Crippen LogP contribution in [0.25, 0.3) is 0 Å². The molecule has 24 heavy (non-hydrogen) atoms. The van der Waals surface area contributed by atoms with E-state index >= 15 is 0 Å². The molecule has 0 radical (unpaired) electrons. The minimum Gasteiger partial charge on any atom is -0.370 e. The molecule has 2 atom stereocenters. The van der Waals surface area contributed by atoms with Crippen LogP contribution in [-0.2, 0) is 6.42 Å². The van der Waals surface area contributed by atoms with E-state index in [-0.39, 0.29) is 0 Å². The van der Waals surface area contributed by atoms with E-state index in [1.54, 1.807) is 5.56 Å². The fourth-order valence-corrected chi connectivity index (χ4v) is 5.29. The Kier molecular flexibility index (Phi) is 4.31. The Hall–Kier alpha value is -1.45. The summed E-state index contributed by atoms with van der Waals surface area (Å²) in [7, 11) is 4.54. The lowest BCUT2D eigenvalue weighted by Crippen LogP contribution is -2.43. The number of hydrogen-bond acceptors (Lipinski definition) is 3. The zero-order valence-corrected chi connectivity index (χ0v) is 15.6. The largest absolute Gasteiger partial charge is 0.370 e. The van der Waals surface area contributed by atoms with Crippen molar-refractivity contribution in [3.63, 3.8) is 0 Å². The monoisotopic (exact) mass is 338 g/mol. The smallest absolute Gasteiger partial charge is 0.0544 e. The number of aryl methyl sites for hydroxylation is 1. The van der Waals surface area contributed by atoms with Gasteiger partial charge in [-0.05, 0) is 55.8 Å². The standard InChI is InChI=1S/C21H26N2S/c1-4-15-8-10-16(11-9-15)24-20-7-5-6-17-18-14-22(2)13-12-19(18)23(3)21(17)20/h5-11,18-19H,4,12-14H2,1-3H3/t18?,19-/m0/s1. The second kappa shape index (κ2) is 6.45. The van der Waals surface area contributed by atoms with Gasteiger partial charge in [0, 0.05) is 35.3 Å². The molecule has 3 heteroatoms. The van der Waals surface area contributed by atoms with E-state index in [4.69, 9.17) is 0 Å². The molecule has 0 bridgehead atoms. The number of likely N-dealkylation sites (N-methyl/N-ethyl adjacent to an activating group) is 2. The normalized spacial score (nSPS) is 23.2. The topological polar surface area (TPSA) is 6.48 Å². The second-order valence-electron chi connectivity index (χ2n) is 7.13. The first-order valence-electron chi connectivity index (χ1n) is 8.98. The van der Waals surface area contributed by atoms with Crippen LogP contribution in [0.2, 0.25) is 0 Å². The molecule has 2 heterocycles. The number of anilines is 1. The van der Waals surface area contributed by atoms with Gasteiger partial charge in [0.25, 0.3) is 0 Å². The van der Waals surface area contributed by atoms with Gasteiger partial charge in [0.15, 0.2) is 0 Å². The van der Waals surface area contributed by atoms with Gasteiger partial charge in [-0.1, -0.05) is 43.0 Å². The molecule has 4 rings (SSSR count). The highest BCUT2D eigenvalue weighted by Crippen LogP contribution is 2.49. The van der Waals surface area contributed by atoms with E-state index < -0.39 is 0 Å². The number of hydrogen-bond donors (Lipinski definition) is 0. The molecule has 2 nitrogen and oxygen atoms in total. The van der Waals surface area contributed by atoms with Crippen LogP contribution in [0.15, 0.2) is 52.3 Å². The molecule has 2 aromatic rings. The molecule has 2 aliphatic heterocycles. The van der Waals surface area contributed by atoms with Gasteiger partial charge >= 0.3 is 0 Å². The van der Waals surface area contributed by atoms with Crippen molar-refractivity contribution in [3.05, 3.63) is 53.6 Å². The van der Waals surface area contributed by atoms with Crippen LogP contribution in [0.1, 0.15) is 30.4 Å². The summed E-state index contributed by atoms with van der Waals surface area (Å²) in [6, 6.07) is 16.6. The van der Waals surface area contributed by atoms with E-state index in [2.05, 4.69) is 73.3 Å². The molecule has 1 unspecified atom stereocenters. The SMILES string of the molecule is CCc1ccc(Sc2cccc3c2N(C)[C@H]2CCN(C)CC32)cc1. The molecule has 0 amide bonds. The first-order chi connectivity index (χ1) is 11.7. The number of piperidine rings is 1. The number of rotatable bonds is 3. The number of likely N-dealkylation sites (tertiary alicyclic amines) is 1. The Labute approximate surface area is 149 Å². The van der Waals surface area contributed by atoms with Crippen LogP contribution in [-0.4, -0.2) is 38.1 Å². The summed E-state index contributed by atoms with van der Waals surface area (Å²) in [6.07, 6.45) is 2.37. The lowest BCUT2D eigenvalue weighted by Gasteiger charge is -2.35. The molecule has 1 saturated heterocycles. The molecule has 0 aliphatic carbocycles. The molecule has 126 valence electrons. The molecule has 2 aliphatic rings. The summed E-state index contributed by atoms with van der Waals surface area (Å²) < 4.78 is 0. The minimum atomic E-state index is 0.659. The fraction of sp³-hybridized carbons (Fsp3) is 0.429. The maximum atomic E-state index is 2.55. The first kappa shape index (κ1) is 16.0. The van der Waals surface area contributed by atoms with Gasteiger partial charge in [-0.2, -0.15) is 0 Å². The summed E-state index contributed by atoms with van der Waals surface area (Å²) in [5.41, 5.74) is 4.42. The van der Waals surface area contributed by atoms with Crippen LogP contribution in [0.5, 0.6) is 0 Å². The van der Waals surface area contributed by atoms with E-state index in [0.29, 0.717) is 12.0 Å². The van der Waals surface area contributed by atoms with Crippen molar-refractivity contribution < 1.29 is 0 Å². The van der Waals surface area contributed by atoms with Gasteiger partial charge in [0.05, 0.1) is 5.69 Å². The lowest BCUT2D eigenvalue weighted by molar-refractivity contribution is 0.234. The number of nitrogens with zero attached hydrogens (tertiary/aromatic N) is 2. The molecule has 0 spiro atoms. The highest BCUT2D eigenvalue weighted by atomic mass is 32.2. The van der Waals surface area contributed by atoms with Crippen molar-refractivity contribution in [3.8, 4) is 0 Å². The van der Waals surface area contributed by atoms with Gasteiger partial charge in [0.2, 0.25) is 0 Å². The van der Waals surface area contributed by atoms with Crippen molar-refractivity contribution >= 4 is 17.4 Å². The summed E-state index contributed by atoms with van der Waals surface area (Å²) in [5.74, 6) is 0.659. The molecule has 0 saturated carbocycles. The third-order valence-corrected chi connectivity index (χ3v) is 6.68. The Morgan fingerprint density at radius 1 is 1.08 bits per heavy atom. The van der Waals surface area contributed by atoms with E-state index in [1.807, 2.05) is 11.8 Å². The summed E-state index contributed by atoms with van der Waals surface area (Å²) in [5, 5.41) is 0. The third kappa shape index (κ3) is 2.74. The van der Waals surface area contributed by atoms with Crippen molar-refractivity contribution in [2.45, 2.75) is 41.5 Å². The van der Waals surface area contributed by atoms with Gasteiger partial charge in [-0.15, -0.1) is 0 Å². The quantitative estimate of drug-likeness (QED) is 0.805. The summed E-state index contributed by atoms with van der Waals surface area (Å²) in [6.45, 7) is 4.60. The third-order valence-electron chi connectivity index (χ3n) is 5.62. The first-order valence-corrected chi connectivity index (χ1v) is 9.80. The molecule has 1 fully saturated rings. The van der Waals surface area contributed by atoms with Crippen LogP contribution in [0.4, 0.5) is 5.69 Å². The average molecular weight is 339 g/mol. The zero-order valence-electron chi connectivity index (χ0n) is 14.8. The molecule has 0 N–H and O–H groups in total. The predicted molar refractivity (Wildman–Crippen MR) is 103 cm³/mol. The van der Waals surface area contributed by atoms with Gasteiger partial charge in [-0.25, -0.2) is 0 Å². The minimum absolute atomic E-state index is 0.659. The Bertz CT molecular complexity index is 725. The maximum Gasteiger partial charge on any atom is 0.0544 e. The zero-order chi connectivity index (χ0) is 16.7. The Morgan fingerprint density at radius 3 is 2.62 bits per heavy atom. The van der Waals surface area contributed by atoms with Crippen LogP contribution < -0.4 is 4.90 Å². The second-order valence-corrected chi connectivity index (χ2v) is 8.24. The highest BCUT2D eigenvalue weighted by Gasteiger charge is 2.40. The van der Waals surface area contributed by atoms with Crippen molar-refractivity contribution in [2.24, 2.45) is 0 Å². The molecule has 0 aromatic heterocycles. The van der Waals surface area contributed by atoms with E-state index in [9.17, 15) is 0 Å². The number of benzene rings is 2. The fourth-order valence-electron chi connectivity index (χ4n) is 4.26. The van der Waals surface area contributed by atoms with Crippen molar-refractivity contribution in [1.29, 1.82) is 0 Å². The Morgan fingerprint density at radius 2 is 1.88 bits per heavy atom.